The number of hydrogen-bond donors (Lipinski definition) is 2. The summed E-state index contributed by atoms with van der Waals surface area (Å²) in [5.41, 5.74) is 2.70. The van der Waals surface area contributed by atoms with Gasteiger partial charge in [-0.05, 0) is 68.6 Å². The molecule has 0 spiro atoms. The zero-order valence-corrected chi connectivity index (χ0v) is 25.1. The molecule has 2 saturated carbocycles. The highest BCUT2D eigenvalue weighted by molar-refractivity contribution is 5.92. The molecule has 2 aromatic rings. The number of likely N-dealkylation sites (tertiary alicyclic amines) is 1. The molecule has 9 nitrogen and oxygen atoms in total. The molecule has 230 valence electrons. The topological polar surface area (TPSA) is 106 Å². The third-order valence-electron chi connectivity index (χ3n) is 10.2. The van der Waals surface area contributed by atoms with Crippen LogP contribution in [0.3, 0.4) is 0 Å². The first-order chi connectivity index (χ1) is 21.0. The van der Waals surface area contributed by atoms with Gasteiger partial charge >= 0.3 is 12.0 Å². The van der Waals surface area contributed by atoms with Crippen molar-refractivity contribution >= 4 is 17.9 Å². The van der Waals surface area contributed by atoms with E-state index in [4.69, 9.17) is 0 Å². The molecule has 1 unspecified atom stereocenters. The lowest BCUT2D eigenvalue weighted by molar-refractivity contribution is -0.142. The number of nitrogens with zero attached hydrogens (tertiary/aromatic N) is 4. The Morgan fingerprint density at radius 3 is 2.23 bits per heavy atom. The molecule has 4 fully saturated rings. The van der Waals surface area contributed by atoms with Crippen molar-refractivity contribution in [2.75, 3.05) is 19.6 Å². The fourth-order valence-corrected chi connectivity index (χ4v) is 7.69. The maximum atomic E-state index is 13.9. The minimum absolute atomic E-state index is 0.00425. The van der Waals surface area contributed by atoms with Gasteiger partial charge in [0.2, 0.25) is 0 Å². The van der Waals surface area contributed by atoms with Gasteiger partial charge in [0, 0.05) is 50.5 Å². The van der Waals surface area contributed by atoms with Gasteiger partial charge in [0.05, 0.1) is 12.0 Å². The van der Waals surface area contributed by atoms with E-state index in [-0.39, 0.29) is 36.0 Å². The van der Waals surface area contributed by atoms with Crippen LogP contribution in [0.15, 0.2) is 48.7 Å². The Hall–Kier alpha value is -3.46. The molecule has 9 heteroatoms. The van der Waals surface area contributed by atoms with Gasteiger partial charge in [-0.2, -0.15) is 0 Å². The van der Waals surface area contributed by atoms with Crippen molar-refractivity contribution in [3.05, 3.63) is 65.5 Å². The number of urea groups is 1. The van der Waals surface area contributed by atoms with E-state index in [1.807, 2.05) is 12.1 Å². The molecule has 2 N–H and O–H groups in total. The number of amides is 3. The Balaban J connectivity index is 1.02. The van der Waals surface area contributed by atoms with Crippen LogP contribution in [0.1, 0.15) is 98.3 Å². The van der Waals surface area contributed by atoms with Crippen LogP contribution >= 0.6 is 0 Å². The van der Waals surface area contributed by atoms with Gasteiger partial charge in [-0.15, -0.1) is 0 Å². The van der Waals surface area contributed by atoms with E-state index in [1.54, 1.807) is 12.3 Å². The number of carbonyl (C=O) groups is 3. The molecule has 4 aliphatic rings. The smallest absolute Gasteiger partial charge is 0.321 e. The molecule has 1 aromatic heterocycles. The zero-order chi connectivity index (χ0) is 29.8. The normalized spacial score (nSPS) is 26.0. The first kappa shape index (κ1) is 29.6. The molecule has 2 aliphatic carbocycles. The average Bonchev–Trinajstić information content (AvgIpc) is 3.39. The molecule has 6 rings (SSSR count). The summed E-state index contributed by atoms with van der Waals surface area (Å²) in [4.78, 5) is 49.1. The number of nitrogens with one attached hydrogen (secondary N) is 1. The molecule has 0 bridgehead atoms. The van der Waals surface area contributed by atoms with E-state index >= 15 is 0 Å². The van der Waals surface area contributed by atoms with Crippen LogP contribution in [-0.2, 0) is 11.3 Å². The number of rotatable bonds is 8. The number of hydrogen-bond acceptors (Lipinski definition) is 5. The Morgan fingerprint density at radius 1 is 0.860 bits per heavy atom. The Morgan fingerprint density at radius 2 is 1.58 bits per heavy atom. The second-order valence-electron chi connectivity index (χ2n) is 13.0. The number of piperidine rings is 1. The van der Waals surface area contributed by atoms with Crippen molar-refractivity contribution in [3.63, 3.8) is 0 Å². The van der Waals surface area contributed by atoms with Gasteiger partial charge in [-0.3, -0.25) is 19.5 Å². The van der Waals surface area contributed by atoms with Crippen LogP contribution in [0.5, 0.6) is 0 Å². The van der Waals surface area contributed by atoms with Gasteiger partial charge in [-0.25, -0.2) is 4.79 Å². The molecule has 2 aliphatic heterocycles. The molecule has 2 saturated heterocycles. The van der Waals surface area contributed by atoms with Crippen LogP contribution in [0, 0.1) is 5.92 Å². The second kappa shape index (κ2) is 13.5. The number of carboxylic acids is 1. The summed E-state index contributed by atoms with van der Waals surface area (Å²) < 4.78 is 0. The van der Waals surface area contributed by atoms with Gasteiger partial charge in [0.25, 0.3) is 5.91 Å². The molecular weight excluding hydrogens is 542 g/mol. The molecule has 43 heavy (non-hydrogen) atoms. The number of carbonyl (C=O) groups excluding carboxylic acids is 2. The number of benzene rings is 1. The largest absolute Gasteiger partial charge is 0.481 e. The van der Waals surface area contributed by atoms with Gasteiger partial charge < -0.3 is 20.2 Å². The maximum Gasteiger partial charge on any atom is 0.321 e. The molecule has 1 atom stereocenters. The molecule has 0 radical (unpaired) electrons. The highest BCUT2D eigenvalue weighted by Gasteiger charge is 2.45. The number of pyridine rings is 1. The first-order valence-electron chi connectivity index (χ1n) is 16.3. The van der Waals surface area contributed by atoms with Crippen molar-refractivity contribution in [1.82, 2.24) is 25.0 Å². The maximum absolute atomic E-state index is 13.9. The quantitative estimate of drug-likeness (QED) is 0.438. The van der Waals surface area contributed by atoms with Crippen molar-refractivity contribution in [1.29, 1.82) is 0 Å². The monoisotopic (exact) mass is 587 g/mol. The van der Waals surface area contributed by atoms with E-state index in [0.29, 0.717) is 37.4 Å². The SMILES string of the molecule is O=C(NC1CCC(C(=O)O)CC1)c1ccc(CN2CCC(N3C(=O)N(C4CCCCC4)CC3c3ccccc3)CC2)cn1. The second-order valence-corrected chi connectivity index (χ2v) is 13.0. The lowest BCUT2D eigenvalue weighted by atomic mass is 9.86. The predicted octanol–water partition coefficient (Wildman–Crippen LogP) is 5.23. The molecule has 1 aromatic carbocycles. The average molecular weight is 588 g/mol. The third kappa shape index (κ3) is 6.87. The van der Waals surface area contributed by atoms with Gasteiger partial charge in [0.15, 0.2) is 0 Å². The van der Waals surface area contributed by atoms with Gasteiger partial charge in [0.1, 0.15) is 5.69 Å². The number of carboxylic acid groups (broad SMARTS) is 1. The molecule has 3 amide bonds. The lowest BCUT2D eigenvalue weighted by Crippen LogP contribution is -2.48. The van der Waals surface area contributed by atoms with E-state index in [0.717, 1.165) is 57.4 Å². The Kier molecular flexibility index (Phi) is 9.26. The Bertz CT molecular complexity index is 1250. The minimum atomic E-state index is -0.742. The van der Waals surface area contributed by atoms with E-state index in [2.05, 4.69) is 49.3 Å². The van der Waals surface area contributed by atoms with E-state index in [1.165, 1.54) is 24.8 Å². The van der Waals surface area contributed by atoms with E-state index in [9.17, 15) is 19.5 Å². The number of aromatic nitrogens is 1. The molecular formula is C34H45N5O4. The van der Waals surface area contributed by atoms with Crippen LogP contribution in [-0.4, -0.2) is 80.5 Å². The third-order valence-corrected chi connectivity index (χ3v) is 10.2. The summed E-state index contributed by atoms with van der Waals surface area (Å²) in [5, 5.41) is 12.2. The predicted molar refractivity (Wildman–Crippen MR) is 163 cm³/mol. The lowest BCUT2D eigenvalue weighted by Gasteiger charge is -2.39. The number of aliphatic carboxylic acids is 1. The van der Waals surface area contributed by atoms with Gasteiger partial charge in [-0.1, -0.05) is 55.7 Å². The Labute approximate surface area is 254 Å². The molecule has 3 heterocycles. The van der Waals surface area contributed by atoms with Crippen molar-refractivity contribution in [2.24, 2.45) is 5.92 Å². The summed E-state index contributed by atoms with van der Waals surface area (Å²) in [5.74, 6) is -1.24. The zero-order valence-electron chi connectivity index (χ0n) is 25.1. The summed E-state index contributed by atoms with van der Waals surface area (Å²) >= 11 is 0. The highest BCUT2D eigenvalue weighted by Crippen LogP contribution is 2.38. The van der Waals surface area contributed by atoms with Crippen molar-refractivity contribution in [3.8, 4) is 0 Å². The summed E-state index contributed by atoms with van der Waals surface area (Å²) in [7, 11) is 0. The van der Waals surface area contributed by atoms with Crippen molar-refractivity contribution in [2.45, 2.75) is 101 Å². The minimum Gasteiger partial charge on any atom is -0.481 e. The van der Waals surface area contributed by atoms with Crippen molar-refractivity contribution < 1.29 is 19.5 Å². The first-order valence-corrected chi connectivity index (χ1v) is 16.3. The fraction of sp³-hybridized carbons (Fsp3) is 0.588. The van der Waals surface area contributed by atoms with Crippen LogP contribution < -0.4 is 5.32 Å². The fourth-order valence-electron chi connectivity index (χ4n) is 7.69. The summed E-state index contributed by atoms with van der Waals surface area (Å²) in [6.45, 7) is 3.40. The van der Waals surface area contributed by atoms with E-state index < -0.39 is 5.97 Å². The van der Waals surface area contributed by atoms with Crippen LogP contribution in [0.2, 0.25) is 0 Å². The summed E-state index contributed by atoms with van der Waals surface area (Å²) in [6.07, 6.45) is 12.2. The van der Waals surface area contributed by atoms with Crippen LogP contribution in [0.25, 0.3) is 0 Å². The standard InChI is InChI=1S/C34H45N5O4/c40-32(36-27-14-12-26(13-15-27)33(41)42)30-16-11-24(21-35-30)22-37-19-17-29(18-20-37)39-31(25-7-3-1-4-8-25)23-38(34(39)43)28-9-5-2-6-10-28/h1,3-4,7-8,11,16,21,26-29,31H,2,5-6,9-10,12-15,17-20,22-23H2,(H,36,40)(H,41,42). The van der Waals surface area contributed by atoms with Crippen LogP contribution in [0.4, 0.5) is 4.79 Å². The summed E-state index contributed by atoms with van der Waals surface area (Å²) in [6, 6.07) is 15.3. The highest BCUT2D eigenvalue weighted by atomic mass is 16.4.